The summed E-state index contributed by atoms with van der Waals surface area (Å²) in [6.07, 6.45) is -5.04. The summed E-state index contributed by atoms with van der Waals surface area (Å²) in [7, 11) is 0. The van der Waals surface area contributed by atoms with Crippen LogP contribution in [0.1, 0.15) is 13.3 Å². The van der Waals surface area contributed by atoms with Gasteiger partial charge in [-0.2, -0.15) is 18.2 Å². The number of nitrogens with zero attached hydrogens (tertiary/aromatic N) is 2. The number of hydrogen-bond donors (Lipinski definition) is 3. The van der Waals surface area contributed by atoms with Crippen molar-refractivity contribution in [3.05, 3.63) is 11.2 Å². The van der Waals surface area contributed by atoms with Gasteiger partial charge < -0.3 is 15.7 Å². The van der Waals surface area contributed by atoms with E-state index in [0.717, 1.165) is 6.42 Å². The van der Waals surface area contributed by atoms with Gasteiger partial charge in [-0.25, -0.2) is 4.98 Å². The molecule has 3 N–H and O–H groups in total. The largest absolute Gasteiger partial charge is 0.416 e. The molecule has 0 saturated carbocycles. The van der Waals surface area contributed by atoms with Crippen molar-refractivity contribution in [3.63, 3.8) is 0 Å². The maximum atomic E-state index is 12.1. The van der Waals surface area contributed by atoms with E-state index in [0.29, 0.717) is 6.54 Å². The monoisotopic (exact) mass is 298 g/mol. The minimum Gasteiger partial charge on any atom is -0.382 e. The first-order valence-electron chi connectivity index (χ1n) is 5.59. The van der Waals surface area contributed by atoms with Crippen LogP contribution in [0.5, 0.6) is 0 Å². The quantitative estimate of drug-likeness (QED) is 0.752. The molecule has 0 aromatic carbocycles. The summed E-state index contributed by atoms with van der Waals surface area (Å²) in [5.41, 5.74) is 0. The van der Waals surface area contributed by atoms with Gasteiger partial charge in [0.25, 0.3) is 0 Å². The van der Waals surface area contributed by atoms with Gasteiger partial charge in [-0.15, -0.1) is 0 Å². The molecule has 0 amide bonds. The van der Waals surface area contributed by atoms with E-state index in [9.17, 15) is 13.2 Å². The van der Waals surface area contributed by atoms with E-state index in [4.69, 9.17) is 16.7 Å². The third kappa shape index (κ3) is 5.07. The van der Waals surface area contributed by atoms with Crippen LogP contribution < -0.4 is 10.6 Å². The Morgan fingerprint density at radius 1 is 1.42 bits per heavy atom. The molecule has 108 valence electrons. The van der Waals surface area contributed by atoms with Crippen LogP contribution >= 0.6 is 11.6 Å². The van der Waals surface area contributed by atoms with Crippen LogP contribution in [0, 0.1) is 0 Å². The Morgan fingerprint density at radius 3 is 2.68 bits per heavy atom. The highest BCUT2D eigenvalue weighted by atomic mass is 35.5. The second kappa shape index (κ2) is 6.76. The fraction of sp³-hybridized carbons (Fsp3) is 0.600. The fourth-order valence-corrected chi connectivity index (χ4v) is 1.28. The van der Waals surface area contributed by atoms with Gasteiger partial charge in [-0.1, -0.05) is 18.5 Å². The van der Waals surface area contributed by atoms with Crippen LogP contribution in [-0.2, 0) is 0 Å². The molecule has 1 aromatic heterocycles. The van der Waals surface area contributed by atoms with Crippen molar-refractivity contribution in [1.82, 2.24) is 9.97 Å². The van der Waals surface area contributed by atoms with Crippen molar-refractivity contribution < 1.29 is 18.3 Å². The summed E-state index contributed by atoms with van der Waals surface area (Å²) in [4.78, 5) is 7.79. The highest BCUT2D eigenvalue weighted by molar-refractivity contribution is 6.32. The molecule has 0 saturated heterocycles. The Bertz CT molecular complexity index is 416. The van der Waals surface area contributed by atoms with Gasteiger partial charge in [0.2, 0.25) is 5.95 Å². The maximum absolute atomic E-state index is 12.1. The molecule has 0 fully saturated rings. The molecule has 0 aliphatic carbocycles. The number of halogens is 4. The second-order valence-electron chi connectivity index (χ2n) is 3.76. The Hall–Kier alpha value is -1.28. The Morgan fingerprint density at radius 2 is 2.11 bits per heavy atom. The van der Waals surface area contributed by atoms with Crippen LogP contribution in [0.2, 0.25) is 5.02 Å². The first kappa shape index (κ1) is 15.8. The highest BCUT2D eigenvalue weighted by Crippen LogP contribution is 2.23. The third-order valence-electron chi connectivity index (χ3n) is 2.12. The lowest BCUT2D eigenvalue weighted by atomic mass is 10.3. The van der Waals surface area contributed by atoms with E-state index in [2.05, 4.69) is 20.6 Å². The minimum atomic E-state index is -4.68. The smallest absolute Gasteiger partial charge is 0.382 e. The van der Waals surface area contributed by atoms with Gasteiger partial charge in [-0.3, -0.25) is 0 Å². The second-order valence-corrected chi connectivity index (χ2v) is 4.16. The standard InChI is InChI=1S/C10H14ClF3N4O/c1-2-3-15-9-17-4-6(11)8(18-9)16-5-7(19)10(12,13)14/h4,7,19H,2-3,5H2,1H3,(H2,15,16,17,18). The van der Waals surface area contributed by atoms with E-state index < -0.39 is 18.8 Å². The zero-order valence-corrected chi connectivity index (χ0v) is 10.9. The molecular weight excluding hydrogens is 285 g/mol. The molecule has 1 aromatic rings. The summed E-state index contributed by atoms with van der Waals surface area (Å²) in [5, 5.41) is 14.2. The van der Waals surface area contributed by atoms with Crippen LogP contribution in [0.15, 0.2) is 6.20 Å². The number of aromatic nitrogens is 2. The van der Waals surface area contributed by atoms with E-state index >= 15 is 0 Å². The van der Waals surface area contributed by atoms with Crippen molar-refractivity contribution >= 4 is 23.4 Å². The number of aliphatic hydroxyl groups excluding tert-OH is 1. The molecule has 0 aliphatic rings. The van der Waals surface area contributed by atoms with Gasteiger partial charge in [-0.05, 0) is 6.42 Å². The van der Waals surface area contributed by atoms with Crippen molar-refractivity contribution in [2.24, 2.45) is 0 Å². The molecule has 1 atom stereocenters. The van der Waals surface area contributed by atoms with Gasteiger partial charge in [0.05, 0.1) is 12.7 Å². The summed E-state index contributed by atoms with van der Waals surface area (Å²) in [6, 6.07) is 0. The SMILES string of the molecule is CCCNc1ncc(Cl)c(NCC(O)C(F)(F)F)n1. The van der Waals surface area contributed by atoms with Gasteiger partial charge in [0.15, 0.2) is 11.9 Å². The average molecular weight is 299 g/mol. The number of hydrogen-bond acceptors (Lipinski definition) is 5. The van der Waals surface area contributed by atoms with Gasteiger partial charge in [0, 0.05) is 6.54 Å². The summed E-state index contributed by atoms with van der Waals surface area (Å²) in [6.45, 7) is 1.85. The first-order valence-corrected chi connectivity index (χ1v) is 5.97. The lowest BCUT2D eigenvalue weighted by molar-refractivity contribution is -0.198. The predicted octanol–water partition coefficient (Wildman–Crippen LogP) is 2.29. The Labute approximate surface area is 113 Å². The average Bonchev–Trinajstić information content (AvgIpc) is 2.34. The minimum absolute atomic E-state index is 0.0403. The molecule has 0 spiro atoms. The first-order chi connectivity index (χ1) is 8.84. The fourth-order valence-electron chi connectivity index (χ4n) is 1.12. The highest BCUT2D eigenvalue weighted by Gasteiger charge is 2.38. The summed E-state index contributed by atoms with van der Waals surface area (Å²) >= 11 is 5.75. The molecule has 0 bridgehead atoms. The number of anilines is 2. The predicted molar refractivity (Wildman–Crippen MR) is 66.4 cm³/mol. The van der Waals surface area contributed by atoms with E-state index in [1.54, 1.807) is 0 Å². The molecule has 0 radical (unpaired) electrons. The topological polar surface area (TPSA) is 70.1 Å². The van der Waals surface area contributed by atoms with E-state index in [1.807, 2.05) is 6.92 Å². The normalized spacial score (nSPS) is 13.2. The van der Waals surface area contributed by atoms with Crippen LogP contribution in [0.4, 0.5) is 24.9 Å². The van der Waals surface area contributed by atoms with Gasteiger partial charge >= 0.3 is 6.18 Å². The Kier molecular flexibility index (Phi) is 5.61. The number of aliphatic hydroxyl groups is 1. The van der Waals surface area contributed by atoms with E-state index in [-0.39, 0.29) is 16.8 Å². The lowest BCUT2D eigenvalue weighted by Crippen LogP contribution is -2.35. The van der Waals surface area contributed by atoms with Crippen molar-refractivity contribution in [1.29, 1.82) is 0 Å². The molecule has 0 aliphatic heterocycles. The Balaban J connectivity index is 2.66. The summed E-state index contributed by atoms with van der Waals surface area (Å²) < 4.78 is 36.4. The van der Waals surface area contributed by atoms with Crippen molar-refractivity contribution in [2.45, 2.75) is 25.6 Å². The molecule has 1 rings (SSSR count). The van der Waals surface area contributed by atoms with E-state index in [1.165, 1.54) is 6.20 Å². The molecule has 1 unspecified atom stereocenters. The van der Waals surface area contributed by atoms with Crippen LogP contribution in [0.25, 0.3) is 0 Å². The zero-order chi connectivity index (χ0) is 14.5. The van der Waals surface area contributed by atoms with Crippen LogP contribution in [-0.4, -0.2) is 40.4 Å². The number of rotatable bonds is 6. The molecule has 1 heterocycles. The van der Waals surface area contributed by atoms with Gasteiger partial charge in [0.1, 0.15) is 5.02 Å². The van der Waals surface area contributed by atoms with Crippen LogP contribution in [0.3, 0.4) is 0 Å². The number of alkyl halides is 3. The molecule has 9 heteroatoms. The maximum Gasteiger partial charge on any atom is 0.416 e. The van der Waals surface area contributed by atoms with Crippen molar-refractivity contribution in [2.75, 3.05) is 23.7 Å². The number of nitrogens with one attached hydrogen (secondary N) is 2. The summed E-state index contributed by atoms with van der Waals surface area (Å²) in [5.74, 6) is 0.300. The molecule has 5 nitrogen and oxygen atoms in total. The lowest BCUT2D eigenvalue weighted by Gasteiger charge is -2.16. The van der Waals surface area contributed by atoms with Crippen molar-refractivity contribution in [3.8, 4) is 0 Å². The third-order valence-corrected chi connectivity index (χ3v) is 2.39. The zero-order valence-electron chi connectivity index (χ0n) is 10.1. The molecular formula is C10H14ClF3N4O. The molecule has 19 heavy (non-hydrogen) atoms.